The van der Waals surface area contributed by atoms with E-state index >= 15 is 0 Å². The maximum atomic E-state index is 11.7. The van der Waals surface area contributed by atoms with Gasteiger partial charge in [0.05, 0.1) is 19.0 Å². The summed E-state index contributed by atoms with van der Waals surface area (Å²) in [4.78, 5) is 15.7. The molecule has 2 aromatic rings. The van der Waals surface area contributed by atoms with Crippen LogP contribution < -0.4 is 14.8 Å². The Morgan fingerprint density at radius 3 is 2.85 bits per heavy atom. The molecule has 0 aliphatic heterocycles. The van der Waals surface area contributed by atoms with Crippen molar-refractivity contribution < 1.29 is 14.3 Å². The molecule has 0 bridgehead atoms. The number of hydrogen-bond donors (Lipinski definition) is 1. The van der Waals surface area contributed by atoms with E-state index in [1.165, 1.54) is 13.3 Å². The molecule has 20 heavy (non-hydrogen) atoms. The van der Waals surface area contributed by atoms with Crippen molar-refractivity contribution >= 4 is 23.2 Å². The quantitative estimate of drug-likeness (QED) is 0.920. The summed E-state index contributed by atoms with van der Waals surface area (Å²) in [5, 5.41) is 3.22. The van der Waals surface area contributed by atoms with Crippen LogP contribution in [0.1, 0.15) is 0 Å². The van der Waals surface area contributed by atoms with Crippen molar-refractivity contribution in [3.63, 3.8) is 0 Å². The summed E-state index contributed by atoms with van der Waals surface area (Å²) < 4.78 is 10.3. The number of aromatic nitrogens is 1. The Labute approximate surface area is 121 Å². The smallest absolute Gasteiger partial charge is 0.262 e. The number of benzene rings is 1. The van der Waals surface area contributed by atoms with Gasteiger partial charge in [0.1, 0.15) is 5.75 Å². The van der Waals surface area contributed by atoms with Crippen LogP contribution in [0.4, 0.5) is 5.69 Å². The summed E-state index contributed by atoms with van der Waals surface area (Å²) in [6, 6.07) is 10.2. The van der Waals surface area contributed by atoms with Crippen LogP contribution >= 0.6 is 11.6 Å². The average Bonchev–Trinajstić information content (AvgIpc) is 2.46. The van der Waals surface area contributed by atoms with Gasteiger partial charge in [0.25, 0.3) is 5.91 Å². The van der Waals surface area contributed by atoms with Crippen molar-refractivity contribution in [3.05, 3.63) is 47.6 Å². The molecule has 0 radical (unpaired) electrons. The lowest BCUT2D eigenvalue weighted by molar-refractivity contribution is -0.118. The van der Waals surface area contributed by atoms with Crippen LogP contribution in [0, 0.1) is 0 Å². The molecule has 1 aromatic carbocycles. The summed E-state index contributed by atoms with van der Waals surface area (Å²) in [5.74, 6) is 0.746. The van der Waals surface area contributed by atoms with Crippen LogP contribution in [0.3, 0.4) is 0 Å². The molecule has 0 saturated heterocycles. The van der Waals surface area contributed by atoms with Crippen LogP contribution in [-0.4, -0.2) is 24.6 Å². The number of halogens is 1. The highest BCUT2D eigenvalue weighted by atomic mass is 35.5. The monoisotopic (exact) mass is 292 g/mol. The van der Waals surface area contributed by atoms with E-state index in [0.717, 1.165) is 0 Å². The zero-order valence-corrected chi connectivity index (χ0v) is 11.6. The molecule has 1 heterocycles. The third kappa shape index (κ3) is 4.13. The number of rotatable bonds is 5. The zero-order chi connectivity index (χ0) is 14.4. The van der Waals surface area contributed by atoms with E-state index in [0.29, 0.717) is 22.3 Å². The minimum atomic E-state index is -0.281. The molecule has 1 aromatic heterocycles. The van der Waals surface area contributed by atoms with Gasteiger partial charge < -0.3 is 14.8 Å². The number of pyridine rings is 1. The van der Waals surface area contributed by atoms with E-state index in [-0.39, 0.29) is 12.5 Å². The van der Waals surface area contributed by atoms with Gasteiger partial charge in [-0.1, -0.05) is 17.7 Å². The second kappa shape index (κ2) is 6.77. The molecular formula is C14H13ClN2O3. The molecule has 0 atom stereocenters. The Kier molecular flexibility index (Phi) is 4.79. The molecule has 0 fully saturated rings. The average molecular weight is 293 g/mol. The Morgan fingerprint density at radius 2 is 2.20 bits per heavy atom. The Hall–Kier alpha value is -2.27. The first-order valence-corrected chi connectivity index (χ1v) is 6.23. The van der Waals surface area contributed by atoms with Gasteiger partial charge in [-0.15, -0.1) is 0 Å². The number of nitrogens with one attached hydrogen (secondary N) is 1. The number of carbonyl (C=O) groups is 1. The van der Waals surface area contributed by atoms with E-state index in [2.05, 4.69) is 10.3 Å². The number of amides is 1. The summed E-state index contributed by atoms with van der Waals surface area (Å²) in [6.45, 7) is -0.105. The first kappa shape index (κ1) is 14.1. The van der Waals surface area contributed by atoms with Crippen molar-refractivity contribution in [1.29, 1.82) is 0 Å². The predicted octanol–water partition coefficient (Wildman–Crippen LogP) is 2.76. The molecule has 5 nitrogen and oxygen atoms in total. The van der Waals surface area contributed by atoms with Crippen molar-refractivity contribution in [2.45, 2.75) is 0 Å². The van der Waals surface area contributed by atoms with Crippen LogP contribution in [-0.2, 0) is 4.79 Å². The van der Waals surface area contributed by atoms with Crippen molar-refractivity contribution in [2.24, 2.45) is 0 Å². The molecule has 0 aliphatic rings. The van der Waals surface area contributed by atoms with Gasteiger partial charge in [-0.3, -0.25) is 4.79 Å². The molecule has 0 spiro atoms. The van der Waals surface area contributed by atoms with Gasteiger partial charge in [0.15, 0.2) is 6.61 Å². The van der Waals surface area contributed by atoms with Crippen LogP contribution in [0.5, 0.6) is 11.6 Å². The highest BCUT2D eigenvalue weighted by molar-refractivity contribution is 6.30. The number of hydrogen-bond acceptors (Lipinski definition) is 4. The lowest BCUT2D eigenvalue weighted by Crippen LogP contribution is -2.20. The van der Waals surface area contributed by atoms with Crippen molar-refractivity contribution in [2.75, 3.05) is 19.0 Å². The maximum absolute atomic E-state index is 11.7. The first-order valence-electron chi connectivity index (χ1n) is 5.85. The summed E-state index contributed by atoms with van der Waals surface area (Å²) in [7, 11) is 1.53. The summed E-state index contributed by atoms with van der Waals surface area (Å²) in [5.41, 5.74) is 0.575. The largest absolute Gasteiger partial charge is 0.484 e. The van der Waals surface area contributed by atoms with E-state index in [1.807, 2.05) is 0 Å². The normalized spacial score (nSPS) is 9.90. The van der Waals surface area contributed by atoms with E-state index in [4.69, 9.17) is 21.1 Å². The standard InChI is InChI=1S/C14H13ClN2O3/c1-19-14-6-5-11(8-16-14)17-13(18)9-20-12-4-2-3-10(15)7-12/h2-8H,9H2,1H3,(H,17,18). The van der Waals surface area contributed by atoms with Gasteiger partial charge >= 0.3 is 0 Å². The molecular weight excluding hydrogens is 280 g/mol. The number of nitrogens with zero attached hydrogens (tertiary/aromatic N) is 1. The third-order valence-corrected chi connectivity index (χ3v) is 2.63. The number of carbonyl (C=O) groups excluding carboxylic acids is 1. The molecule has 1 amide bonds. The zero-order valence-electron chi connectivity index (χ0n) is 10.8. The fourth-order valence-corrected chi connectivity index (χ4v) is 1.66. The summed E-state index contributed by atoms with van der Waals surface area (Å²) in [6.07, 6.45) is 1.51. The van der Waals surface area contributed by atoms with Crippen LogP contribution in [0.15, 0.2) is 42.6 Å². The molecule has 104 valence electrons. The van der Waals surface area contributed by atoms with Crippen molar-refractivity contribution in [3.8, 4) is 11.6 Å². The van der Waals surface area contributed by atoms with E-state index in [1.54, 1.807) is 36.4 Å². The maximum Gasteiger partial charge on any atom is 0.262 e. The minimum Gasteiger partial charge on any atom is -0.484 e. The molecule has 2 rings (SSSR count). The second-order valence-electron chi connectivity index (χ2n) is 3.88. The summed E-state index contributed by atoms with van der Waals surface area (Å²) >= 11 is 5.82. The van der Waals surface area contributed by atoms with Crippen molar-refractivity contribution in [1.82, 2.24) is 4.98 Å². The lowest BCUT2D eigenvalue weighted by Gasteiger charge is -2.07. The third-order valence-electron chi connectivity index (χ3n) is 2.40. The number of methoxy groups -OCH3 is 1. The fraction of sp³-hybridized carbons (Fsp3) is 0.143. The van der Waals surface area contributed by atoms with Gasteiger partial charge in [-0.25, -0.2) is 4.98 Å². The Balaban J connectivity index is 1.85. The van der Waals surface area contributed by atoms with Gasteiger partial charge in [0.2, 0.25) is 5.88 Å². The topological polar surface area (TPSA) is 60.5 Å². The molecule has 0 saturated carbocycles. The van der Waals surface area contributed by atoms with Gasteiger partial charge in [-0.2, -0.15) is 0 Å². The first-order chi connectivity index (χ1) is 9.67. The fourth-order valence-electron chi connectivity index (χ4n) is 1.48. The molecule has 1 N–H and O–H groups in total. The van der Waals surface area contributed by atoms with Crippen LogP contribution in [0.25, 0.3) is 0 Å². The van der Waals surface area contributed by atoms with Gasteiger partial charge in [0, 0.05) is 11.1 Å². The molecule has 6 heteroatoms. The lowest BCUT2D eigenvalue weighted by atomic mass is 10.3. The predicted molar refractivity (Wildman–Crippen MR) is 76.4 cm³/mol. The van der Waals surface area contributed by atoms with Gasteiger partial charge in [-0.05, 0) is 24.3 Å². The number of anilines is 1. The van der Waals surface area contributed by atoms with Crippen LogP contribution in [0.2, 0.25) is 5.02 Å². The SMILES string of the molecule is COc1ccc(NC(=O)COc2cccc(Cl)c2)cn1. The number of ether oxygens (including phenoxy) is 2. The Bertz CT molecular complexity index is 587. The van der Waals surface area contributed by atoms with E-state index in [9.17, 15) is 4.79 Å². The second-order valence-corrected chi connectivity index (χ2v) is 4.32. The van der Waals surface area contributed by atoms with E-state index < -0.39 is 0 Å². The minimum absolute atomic E-state index is 0.105. The highest BCUT2D eigenvalue weighted by Crippen LogP contribution is 2.17. The highest BCUT2D eigenvalue weighted by Gasteiger charge is 2.04. The Morgan fingerprint density at radius 1 is 1.35 bits per heavy atom. The molecule has 0 aliphatic carbocycles. The molecule has 0 unspecified atom stereocenters.